The molecule has 0 saturated heterocycles. The van der Waals surface area contributed by atoms with Crippen LogP contribution in [0.3, 0.4) is 0 Å². The van der Waals surface area contributed by atoms with Crippen molar-refractivity contribution in [2.45, 2.75) is 33.4 Å². The van der Waals surface area contributed by atoms with Gasteiger partial charge < -0.3 is 20.1 Å². The zero-order valence-corrected chi connectivity index (χ0v) is 18.7. The zero-order chi connectivity index (χ0) is 22.7. The molecule has 164 valence electrons. The second-order valence-electron chi connectivity index (χ2n) is 8.09. The van der Waals surface area contributed by atoms with Crippen molar-refractivity contribution >= 4 is 39.3 Å². The van der Waals surface area contributed by atoms with Crippen LogP contribution >= 0.6 is 0 Å². The van der Waals surface area contributed by atoms with E-state index in [4.69, 9.17) is 14.5 Å². The zero-order valence-electron chi connectivity index (χ0n) is 18.7. The number of amides is 1. The maximum atomic E-state index is 11.8. The van der Waals surface area contributed by atoms with E-state index in [-0.39, 0.29) is 12.6 Å². The van der Waals surface area contributed by atoms with E-state index in [1.807, 2.05) is 56.3 Å². The summed E-state index contributed by atoms with van der Waals surface area (Å²) < 4.78 is 10.7. The van der Waals surface area contributed by atoms with E-state index in [1.54, 1.807) is 7.11 Å². The number of rotatable bonds is 6. The summed E-state index contributed by atoms with van der Waals surface area (Å²) in [5.74, 6) is 0.766. The Morgan fingerprint density at radius 2 is 1.75 bits per heavy atom. The van der Waals surface area contributed by atoms with Crippen LogP contribution in [0.1, 0.15) is 25.0 Å². The van der Waals surface area contributed by atoms with Gasteiger partial charge in [0.25, 0.3) is 0 Å². The van der Waals surface area contributed by atoms with Gasteiger partial charge in [-0.25, -0.2) is 9.78 Å². The fourth-order valence-electron chi connectivity index (χ4n) is 3.61. The molecule has 4 aromatic rings. The molecule has 0 atom stereocenters. The standard InChI is InChI=1S/C26H27N3O3/c1-16(2)27-26(30)32-15-18-6-5-7-19(13-18)28-25-21-10-8-17(3)12-23(21)29-24-14-20(31-4)9-11-22(24)25/h5-14,16H,15H2,1-4H3,(H,27,30)(H,28,29). The molecule has 1 heterocycles. The highest BCUT2D eigenvalue weighted by Gasteiger charge is 2.12. The molecular weight excluding hydrogens is 402 g/mol. The third kappa shape index (κ3) is 4.75. The summed E-state index contributed by atoms with van der Waals surface area (Å²) in [6.45, 7) is 6.05. The molecule has 32 heavy (non-hydrogen) atoms. The Hall–Kier alpha value is -3.80. The number of nitrogens with zero attached hydrogens (tertiary/aromatic N) is 1. The van der Waals surface area contributed by atoms with Crippen LogP contribution in [0.4, 0.5) is 16.2 Å². The Kier molecular flexibility index (Phi) is 6.12. The molecule has 4 rings (SSSR count). The predicted octanol–water partition coefficient (Wildman–Crippen LogP) is 6.08. The normalized spacial score (nSPS) is 11.0. The third-order valence-electron chi connectivity index (χ3n) is 5.11. The lowest BCUT2D eigenvalue weighted by atomic mass is 10.1. The maximum Gasteiger partial charge on any atom is 0.407 e. The summed E-state index contributed by atoms with van der Waals surface area (Å²) in [4.78, 5) is 16.7. The number of fused-ring (bicyclic) bond motifs is 2. The number of carbonyl (C=O) groups excluding carboxylic acids is 1. The smallest absolute Gasteiger partial charge is 0.407 e. The number of ether oxygens (including phenoxy) is 2. The van der Waals surface area contributed by atoms with E-state index in [1.165, 1.54) is 0 Å². The van der Waals surface area contributed by atoms with E-state index in [2.05, 4.69) is 35.8 Å². The van der Waals surface area contributed by atoms with Gasteiger partial charge in [0.2, 0.25) is 0 Å². The number of hydrogen-bond acceptors (Lipinski definition) is 5. The van der Waals surface area contributed by atoms with Crippen LogP contribution in [0.25, 0.3) is 21.8 Å². The number of carbonyl (C=O) groups is 1. The van der Waals surface area contributed by atoms with Gasteiger partial charge in [0.15, 0.2) is 0 Å². The van der Waals surface area contributed by atoms with E-state index < -0.39 is 6.09 Å². The van der Waals surface area contributed by atoms with Gasteiger partial charge in [-0.05, 0) is 62.2 Å². The molecule has 0 radical (unpaired) electrons. The van der Waals surface area contributed by atoms with Crippen molar-refractivity contribution < 1.29 is 14.3 Å². The molecule has 6 nitrogen and oxygen atoms in total. The molecule has 6 heteroatoms. The number of methoxy groups -OCH3 is 1. The van der Waals surface area contributed by atoms with Gasteiger partial charge in [0, 0.05) is 28.6 Å². The molecule has 0 unspecified atom stereocenters. The molecular formula is C26H27N3O3. The van der Waals surface area contributed by atoms with Gasteiger partial charge in [0.1, 0.15) is 12.4 Å². The van der Waals surface area contributed by atoms with Gasteiger partial charge in [0.05, 0.1) is 23.8 Å². The summed E-state index contributed by atoms with van der Waals surface area (Å²) in [5.41, 5.74) is 5.70. The van der Waals surface area contributed by atoms with Crippen molar-refractivity contribution in [2.75, 3.05) is 12.4 Å². The molecule has 0 bridgehead atoms. The minimum atomic E-state index is -0.422. The van der Waals surface area contributed by atoms with Crippen molar-refractivity contribution in [3.05, 3.63) is 71.8 Å². The molecule has 3 aromatic carbocycles. The van der Waals surface area contributed by atoms with Gasteiger partial charge in [-0.3, -0.25) is 0 Å². The highest BCUT2D eigenvalue weighted by molar-refractivity contribution is 6.09. The number of pyridine rings is 1. The third-order valence-corrected chi connectivity index (χ3v) is 5.11. The summed E-state index contributed by atoms with van der Waals surface area (Å²) in [6, 6.07) is 20.0. The molecule has 0 fully saturated rings. The van der Waals surface area contributed by atoms with Gasteiger partial charge >= 0.3 is 6.09 Å². The number of benzene rings is 3. The van der Waals surface area contributed by atoms with Gasteiger partial charge in [-0.1, -0.05) is 24.3 Å². The topological polar surface area (TPSA) is 72.5 Å². The van der Waals surface area contributed by atoms with Crippen LogP contribution in [0, 0.1) is 6.92 Å². The van der Waals surface area contributed by atoms with Crippen LogP contribution in [0.2, 0.25) is 0 Å². The monoisotopic (exact) mass is 429 g/mol. The van der Waals surface area contributed by atoms with E-state index >= 15 is 0 Å². The first-order valence-electron chi connectivity index (χ1n) is 10.6. The fraction of sp³-hybridized carbons (Fsp3) is 0.231. The van der Waals surface area contributed by atoms with E-state index in [0.29, 0.717) is 0 Å². The van der Waals surface area contributed by atoms with Gasteiger partial charge in [-0.15, -0.1) is 0 Å². The van der Waals surface area contributed by atoms with Crippen molar-refractivity contribution in [3.8, 4) is 5.75 Å². The number of hydrogen-bond donors (Lipinski definition) is 2. The Morgan fingerprint density at radius 3 is 2.50 bits per heavy atom. The Labute approximate surface area is 187 Å². The molecule has 2 N–H and O–H groups in total. The number of alkyl carbamates (subject to hydrolysis) is 1. The Morgan fingerprint density at radius 1 is 1.00 bits per heavy atom. The molecule has 0 spiro atoms. The SMILES string of the molecule is COc1ccc2c(Nc3cccc(COC(=O)NC(C)C)c3)c3ccc(C)cc3nc2c1. The number of aromatic nitrogens is 1. The van der Waals surface area contributed by atoms with E-state index in [0.717, 1.165) is 50.1 Å². The Bertz CT molecular complexity index is 1280. The summed E-state index contributed by atoms with van der Waals surface area (Å²) in [5, 5.41) is 8.33. The van der Waals surface area contributed by atoms with Gasteiger partial charge in [-0.2, -0.15) is 0 Å². The summed E-state index contributed by atoms with van der Waals surface area (Å²) in [6.07, 6.45) is -0.422. The van der Waals surface area contributed by atoms with E-state index in [9.17, 15) is 4.79 Å². The quantitative estimate of drug-likeness (QED) is 0.363. The van der Waals surface area contributed by atoms with Crippen molar-refractivity contribution in [1.82, 2.24) is 10.3 Å². The summed E-state index contributed by atoms with van der Waals surface area (Å²) in [7, 11) is 1.65. The van der Waals surface area contributed by atoms with Crippen LogP contribution in [0.5, 0.6) is 5.75 Å². The molecule has 0 aliphatic carbocycles. The number of anilines is 2. The number of nitrogens with one attached hydrogen (secondary N) is 2. The first-order chi connectivity index (χ1) is 15.4. The molecule has 0 aliphatic heterocycles. The van der Waals surface area contributed by atoms with Crippen LogP contribution in [0.15, 0.2) is 60.7 Å². The van der Waals surface area contributed by atoms with Crippen molar-refractivity contribution in [2.24, 2.45) is 0 Å². The fourth-order valence-corrected chi connectivity index (χ4v) is 3.61. The lowest BCUT2D eigenvalue weighted by Crippen LogP contribution is -2.30. The van der Waals surface area contributed by atoms with Crippen LogP contribution < -0.4 is 15.4 Å². The average molecular weight is 430 g/mol. The first-order valence-corrected chi connectivity index (χ1v) is 10.6. The molecule has 1 amide bonds. The number of aryl methyl sites for hydroxylation is 1. The second-order valence-corrected chi connectivity index (χ2v) is 8.09. The maximum absolute atomic E-state index is 11.8. The van der Waals surface area contributed by atoms with Crippen molar-refractivity contribution in [3.63, 3.8) is 0 Å². The lowest BCUT2D eigenvalue weighted by Gasteiger charge is -2.15. The van der Waals surface area contributed by atoms with Crippen molar-refractivity contribution in [1.29, 1.82) is 0 Å². The molecule has 1 aromatic heterocycles. The highest BCUT2D eigenvalue weighted by atomic mass is 16.5. The second kappa shape index (κ2) is 9.14. The largest absolute Gasteiger partial charge is 0.497 e. The highest BCUT2D eigenvalue weighted by Crippen LogP contribution is 2.35. The van der Waals surface area contributed by atoms with Crippen LogP contribution in [-0.2, 0) is 11.3 Å². The molecule has 0 saturated carbocycles. The minimum Gasteiger partial charge on any atom is -0.497 e. The minimum absolute atomic E-state index is 0.0333. The first kappa shape index (κ1) is 21.4. The van der Waals surface area contributed by atoms with Crippen LogP contribution in [-0.4, -0.2) is 24.2 Å². The predicted molar refractivity (Wildman–Crippen MR) is 129 cm³/mol. The average Bonchev–Trinajstić information content (AvgIpc) is 2.76. The lowest BCUT2D eigenvalue weighted by molar-refractivity contribution is 0.137. The summed E-state index contributed by atoms with van der Waals surface area (Å²) >= 11 is 0. The Balaban J connectivity index is 1.69. The molecule has 0 aliphatic rings.